The molecule has 0 aromatic heterocycles. The number of rotatable bonds is 4. The summed E-state index contributed by atoms with van der Waals surface area (Å²) < 4.78 is 0. The topological polar surface area (TPSA) is 43.9 Å². The number of likely N-dealkylation sites (N-methyl/N-ethyl adjacent to an activating group) is 1. The number of hydrogen-bond acceptors (Lipinski definition) is 5. The van der Waals surface area contributed by atoms with Gasteiger partial charge in [0.2, 0.25) is 0 Å². The largest absolute Gasteiger partial charge is 0.363 e. The molecule has 0 aliphatic carbocycles. The van der Waals surface area contributed by atoms with E-state index in [1.807, 2.05) is 62.4 Å². The van der Waals surface area contributed by atoms with Crippen LogP contribution in [0.3, 0.4) is 0 Å². The second kappa shape index (κ2) is 8.05. The van der Waals surface area contributed by atoms with Crippen LogP contribution >= 0.6 is 11.8 Å². The molecule has 29 heavy (non-hydrogen) atoms. The monoisotopic (exact) mass is 407 g/mol. The van der Waals surface area contributed by atoms with Crippen LogP contribution in [0, 0.1) is 13.8 Å². The highest BCUT2D eigenvalue weighted by Gasteiger charge is 2.43. The van der Waals surface area contributed by atoms with Gasteiger partial charge in [-0.05, 0) is 50.2 Å². The maximum atomic E-state index is 13.5. The van der Waals surface area contributed by atoms with E-state index < -0.39 is 0 Å². The fourth-order valence-corrected chi connectivity index (χ4v) is 4.71. The summed E-state index contributed by atoms with van der Waals surface area (Å²) in [6, 6.07) is 15.7. The predicted octanol–water partition coefficient (Wildman–Crippen LogP) is 3.43. The number of anilines is 1. The highest BCUT2D eigenvalue weighted by molar-refractivity contribution is 8.04. The molecule has 0 unspecified atom stereocenters. The van der Waals surface area contributed by atoms with Crippen molar-refractivity contribution in [1.29, 1.82) is 0 Å². The van der Waals surface area contributed by atoms with Crippen molar-refractivity contribution in [1.82, 2.24) is 9.80 Å². The third-order valence-corrected chi connectivity index (χ3v) is 6.49. The molecule has 2 aliphatic heterocycles. The molecule has 1 fully saturated rings. The van der Waals surface area contributed by atoms with Crippen molar-refractivity contribution in [2.75, 3.05) is 38.1 Å². The minimum absolute atomic E-state index is 0.216. The van der Waals surface area contributed by atoms with Gasteiger partial charge in [-0.2, -0.15) is 0 Å². The van der Waals surface area contributed by atoms with Crippen molar-refractivity contribution in [3.05, 3.63) is 70.3 Å². The first-order valence-corrected chi connectivity index (χ1v) is 10.6. The van der Waals surface area contributed by atoms with Crippen LogP contribution < -0.4 is 4.90 Å². The first-order chi connectivity index (χ1) is 14.0. The minimum Gasteiger partial charge on any atom is -0.363 e. The van der Waals surface area contributed by atoms with Crippen molar-refractivity contribution in [2.24, 2.45) is 0 Å². The van der Waals surface area contributed by atoms with Crippen molar-refractivity contribution >= 4 is 29.3 Å². The van der Waals surface area contributed by atoms with Crippen molar-refractivity contribution in [2.45, 2.75) is 18.7 Å². The molecule has 0 atom stereocenters. The number of hydrogen-bond donors (Lipinski definition) is 0. The Morgan fingerprint density at radius 3 is 2.24 bits per heavy atom. The van der Waals surface area contributed by atoms with Crippen LogP contribution in [-0.2, 0) is 9.59 Å². The van der Waals surface area contributed by atoms with Gasteiger partial charge < -0.3 is 9.80 Å². The molecule has 4 rings (SSSR count). The zero-order chi connectivity index (χ0) is 20.5. The zero-order valence-electron chi connectivity index (χ0n) is 17.0. The molecular formula is C23H25N3O2S. The van der Waals surface area contributed by atoms with Crippen LogP contribution in [0.2, 0.25) is 0 Å². The number of amides is 2. The molecule has 0 radical (unpaired) electrons. The van der Waals surface area contributed by atoms with Crippen LogP contribution in [0.1, 0.15) is 11.1 Å². The lowest BCUT2D eigenvalue weighted by Crippen LogP contribution is -2.46. The average Bonchev–Trinajstić information content (AvgIpc) is 2.95. The molecule has 0 bridgehead atoms. The third-order valence-electron chi connectivity index (χ3n) is 5.41. The summed E-state index contributed by atoms with van der Waals surface area (Å²) in [7, 11) is 2.08. The van der Waals surface area contributed by atoms with Gasteiger partial charge in [-0.15, -0.1) is 0 Å². The van der Waals surface area contributed by atoms with Gasteiger partial charge in [0, 0.05) is 31.1 Å². The maximum Gasteiger partial charge on any atom is 0.283 e. The Labute approximate surface area is 176 Å². The molecule has 6 heteroatoms. The molecule has 0 N–H and O–H groups in total. The van der Waals surface area contributed by atoms with E-state index in [1.54, 1.807) is 0 Å². The molecule has 2 amide bonds. The average molecular weight is 408 g/mol. The van der Waals surface area contributed by atoms with Gasteiger partial charge in [0.1, 0.15) is 10.6 Å². The van der Waals surface area contributed by atoms with E-state index in [9.17, 15) is 9.59 Å². The van der Waals surface area contributed by atoms with Gasteiger partial charge in [-0.1, -0.05) is 42.1 Å². The lowest BCUT2D eigenvalue weighted by Gasteiger charge is -2.34. The first-order valence-electron chi connectivity index (χ1n) is 9.82. The molecule has 1 saturated heterocycles. The molecule has 2 aromatic carbocycles. The number of imide groups is 1. The van der Waals surface area contributed by atoms with Gasteiger partial charge in [0.15, 0.2) is 0 Å². The number of nitrogens with zero attached hydrogens (tertiary/aromatic N) is 3. The molecular weight excluding hydrogens is 382 g/mol. The summed E-state index contributed by atoms with van der Waals surface area (Å²) in [4.78, 5) is 34.2. The second-order valence-electron chi connectivity index (χ2n) is 7.62. The van der Waals surface area contributed by atoms with Crippen molar-refractivity contribution in [3.8, 4) is 0 Å². The zero-order valence-corrected chi connectivity index (χ0v) is 17.8. The fraction of sp³-hybridized carbons (Fsp3) is 0.304. The summed E-state index contributed by atoms with van der Waals surface area (Å²) in [5, 5.41) is 0. The Hall–Kier alpha value is -2.57. The molecule has 2 aliphatic rings. The Bertz CT molecular complexity index is 979. The van der Waals surface area contributed by atoms with E-state index >= 15 is 0 Å². The van der Waals surface area contributed by atoms with Crippen LogP contribution in [-0.4, -0.2) is 54.8 Å². The molecule has 0 saturated carbocycles. The summed E-state index contributed by atoms with van der Waals surface area (Å²) in [5.74, 6) is -0.446. The van der Waals surface area contributed by atoms with Gasteiger partial charge in [0.05, 0.1) is 5.69 Å². The van der Waals surface area contributed by atoms with Crippen LogP contribution in [0.25, 0.3) is 0 Å². The van der Waals surface area contributed by atoms with Gasteiger partial charge >= 0.3 is 0 Å². The van der Waals surface area contributed by atoms with Gasteiger partial charge in [-0.3, -0.25) is 9.59 Å². The quantitative estimate of drug-likeness (QED) is 0.727. The molecule has 2 heterocycles. The summed E-state index contributed by atoms with van der Waals surface area (Å²) in [6.07, 6.45) is 0. The lowest BCUT2D eigenvalue weighted by molar-refractivity contribution is -0.121. The SMILES string of the molecule is Cc1ccc(C)c(N2C(=O)C(Sc3ccccc3)=C(N3CCN(C)CC3)C2=O)c1. The van der Waals surface area contributed by atoms with E-state index in [0.29, 0.717) is 16.3 Å². The van der Waals surface area contributed by atoms with Crippen molar-refractivity contribution < 1.29 is 9.59 Å². The van der Waals surface area contributed by atoms with Gasteiger partial charge in [-0.25, -0.2) is 4.90 Å². The first kappa shape index (κ1) is 19.7. The molecule has 5 nitrogen and oxygen atoms in total. The molecule has 150 valence electrons. The lowest BCUT2D eigenvalue weighted by atomic mass is 10.1. The summed E-state index contributed by atoms with van der Waals surface area (Å²) in [6.45, 7) is 7.14. The Morgan fingerprint density at radius 1 is 0.862 bits per heavy atom. The molecule has 2 aromatic rings. The minimum atomic E-state index is -0.230. The van der Waals surface area contributed by atoms with E-state index in [2.05, 4.69) is 16.8 Å². The van der Waals surface area contributed by atoms with Gasteiger partial charge in [0.25, 0.3) is 11.8 Å². The summed E-state index contributed by atoms with van der Waals surface area (Å²) in [5.41, 5.74) is 3.16. The maximum absolute atomic E-state index is 13.5. The third kappa shape index (κ3) is 3.82. The smallest absolute Gasteiger partial charge is 0.283 e. The number of benzene rings is 2. The Morgan fingerprint density at radius 2 is 1.55 bits per heavy atom. The normalized spacial score (nSPS) is 18.2. The highest BCUT2D eigenvalue weighted by Crippen LogP contribution is 2.39. The Kier molecular flexibility index (Phi) is 5.48. The van der Waals surface area contributed by atoms with E-state index in [-0.39, 0.29) is 11.8 Å². The van der Waals surface area contributed by atoms with Crippen LogP contribution in [0.4, 0.5) is 5.69 Å². The highest BCUT2D eigenvalue weighted by atomic mass is 32.2. The van der Waals surface area contributed by atoms with Crippen LogP contribution in [0.15, 0.2) is 64.0 Å². The number of carbonyl (C=O) groups is 2. The number of carbonyl (C=O) groups excluding carboxylic acids is 2. The fourth-order valence-electron chi connectivity index (χ4n) is 3.68. The molecule has 0 spiro atoms. The number of aryl methyl sites for hydroxylation is 2. The summed E-state index contributed by atoms with van der Waals surface area (Å²) >= 11 is 1.39. The van der Waals surface area contributed by atoms with Crippen molar-refractivity contribution in [3.63, 3.8) is 0 Å². The number of piperazine rings is 1. The van der Waals surface area contributed by atoms with Crippen LogP contribution in [0.5, 0.6) is 0 Å². The second-order valence-corrected chi connectivity index (χ2v) is 8.70. The van der Waals surface area contributed by atoms with E-state index in [1.165, 1.54) is 16.7 Å². The van der Waals surface area contributed by atoms with E-state index in [0.717, 1.165) is 42.2 Å². The number of thioether (sulfide) groups is 1. The Balaban J connectivity index is 1.76. The standard InChI is InChI=1S/C23H25N3O2S/c1-16-9-10-17(2)19(15-16)26-22(27)20(25-13-11-24(3)12-14-25)21(23(26)28)29-18-7-5-4-6-8-18/h4-10,15H,11-14H2,1-3H3. The van der Waals surface area contributed by atoms with E-state index in [4.69, 9.17) is 0 Å². The predicted molar refractivity (Wildman–Crippen MR) is 117 cm³/mol.